The number of carbonyl (C=O) groups is 2. The number of Topliss-reactive ketones (excluding diaryl/α,β-unsaturated/α-hetero) is 1. The smallest absolute Gasteiger partial charge is 0.417 e. The molecule has 30 heavy (non-hydrogen) atoms. The Labute approximate surface area is 180 Å². The monoisotopic (exact) mass is 444 g/mol. The second-order valence-electron chi connectivity index (χ2n) is 7.64. The van der Waals surface area contributed by atoms with Gasteiger partial charge in [-0.3, -0.25) is 9.59 Å². The van der Waals surface area contributed by atoms with Crippen LogP contribution in [0.1, 0.15) is 69.4 Å². The van der Waals surface area contributed by atoms with Crippen LogP contribution in [0.4, 0.5) is 13.2 Å². The Morgan fingerprint density at radius 1 is 1.23 bits per heavy atom. The predicted octanol–water partition coefficient (Wildman–Crippen LogP) is 6.87. The van der Waals surface area contributed by atoms with Gasteiger partial charge in [-0.2, -0.15) is 13.2 Å². The summed E-state index contributed by atoms with van der Waals surface area (Å²) in [7, 11) is 0. The van der Waals surface area contributed by atoms with Gasteiger partial charge in [-0.1, -0.05) is 49.1 Å². The number of halogens is 4. The molecule has 0 saturated heterocycles. The zero-order valence-electron chi connectivity index (χ0n) is 17.1. The van der Waals surface area contributed by atoms with Gasteiger partial charge in [0.25, 0.3) is 0 Å². The highest BCUT2D eigenvalue weighted by atomic mass is 35.5. The third kappa shape index (κ3) is 7.46. The summed E-state index contributed by atoms with van der Waals surface area (Å²) in [6.45, 7) is 2.19. The Morgan fingerprint density at radius 3 is 2.67 bits per heavy atom. The predicted molar refractivity (Wildman–Crippen MR) is 111 cm³/mol. The van der Waals surface area contributed by atoms with Crippen molar-refractivity contribution >= 4 is 29.4 Å². The largest absolute Gasteiger partial charge is 0.466 e. The number of allylic oxidation sites excluding steroid dienone is 1. The minimum absolute atomic E-state index is 0.142. The van der Waals surface area contributed by atoms with Crippen LogP contribution in [0.25, 0.3) is 6.08 Å². The van der Waals surface area contributed by atoms with Gasteiger partial charge >= 0.3 is 12.1 Å². The maximum Gasteiger partial charge on any atom is 0.417 e. The quantitative estimate of drug-likeness (QED) is 0.292. The number of esters is 1. The molecule has 1 aliphatic carbocycles. The molecule has 2 atom stereocenters. The standard InChI is InChI=1S/C23H28ClF3O3/c1-2-30-22(29)8-6-4-3-5-7-17-11-14-21(28)18(17)12-9-16-10-13-20(24)19(15-16)23(25,26)27/h9-10,12-13,15,17-18H,2-8,11,14H2,1H3/t17-,18+/m1/s1. The molecule has 0 heterocycles. The van der Waals surface area contributed by atoms with Crippen molar-refractivity contribution < 1.29 is 27.5 Å². The van der Waals surface area contributed by atoms with Gasteiger partial charge < -0.3 is 4.74 Å². The minimum Gasteiger partial charge on any atom is -0.466 e. The summed E-state index contributed by atoms with van der Waals surface area (Å²) < 4.78 is 43.9. The van der Waals surface area contributed by atoms with E-state index >= 15 is 0 Å². The van der Waals surface area contributed by atoms with Crippen molar-refractivity contribution in [2.24, 2.45) is 11.8 Å². The number of carbonyl (C=O) groups excluding carboxylic acids is 2. The van der Waals surface area contributed by atoms with Crippen molar-refractivity contribution in [2.75, 3.05) is 6.61 Å². The van der Waals surface area contributed by atoms with E-state index in [2.05, 4.69) is 0 Å². The second kappa shape index (κ2) is 11.5. The van der Waals surface area contributed by atoms with E-state index < -0.39 is 11.7 Å². The maximum absolute atomic E-state index is 13.0. The molecule has 0 N–H and O–H groups in total. The van der Waals surface area contributed by atoms with Gasteiger partial charge in [0.1, 0.15) is 5.78 Å². The number of hydrogen-bond acceptors (Lipinski definition) is 3. The van der Waals surface area contributed by atoms with Crippen LogP contribution in [-0.2, 0) is 20.5 Å². The van der Waals surface area contributed by atoms with Crippen molar-refractivity contribution in [1.82, 2.24) is 0 Å². The van der Waals surface area contributed by atoms with Gasteiger partial charge in [0, 0.05) is 18.8 Å². The Morgan fingerprint density at radius 2 is 1.97 bits per heavy atom. The topological polar surface area (TPSA) is 43.4 Å². The summed E-state index contributed by atoms with van der Waals surface area (Å²) in [5.74, 6) is -0.0636. The number of ether oxygens (including phenoxy) is 1. The summed E-state index contributed by atoms with van der Waals surface area (Å²) in [5, 5.41) is -0.336. The minimum atomic E-state index is -4.51. The van der Waals surface area contributed by atoms with Gasteiger partial charge in [-0.05, 0) is 49.8 Å². The molecule has 0 amide bonds. The van der Waals surface area contributed by atoms with E-state index in [9.17, 15) is 22.8 Å². The molecule has 3 nitrogen and oxygen atoms in total. The van der Waals surface area contributed by atoms with E-state index in [1.165, 1.54) is 12.1 Å². The third-order valence-corrected chi connectivity index (χ3v) is 5.77. The van der Waals surface area contributed by atoms with Crippen molar-refractivity contribution in [1.29, 1.82) is 0 Å². The molecule has 1 fully saturated rings. The Hall–Kier alpha value is -1.82. The lowest BCUT2D eigenvalue weighted by atomic mass is 9.89. The average Bonchev–Trinajstić information content (AvgIpc) is 3.03. The van der Waals surface area contributed by atoms with E-state index in [-0.39, 0.29) is 28.6 Å². The van der Waals surface area contributed by atoms with Crippen LogP contribution in [-0.4, -0.2) is 18.4 Å². The van der Waals surface area contributed by atoms with Crippen LogP contribution in [0.15, 0.2) is 24.3 Å². The van der Waals surface area contributed by atoms with Gasteiger partial charge in [0.05, 0.1) is 17.2 Å². The van der Waals surface area contributed by atoms with Crippen molar-refractivity contribution in [2.45, 2.75) is 64.5 Å². The number of benzene rings is 1. The first-order chi connectivity index (χ1) is 14.2. The lowest BCUT2D eigenvalue weighted by molar-refractivity contribution is -0.143. The zero-order chi connectivity index (χ0) is 22.1. The molecule has 0 aliphatic heterocycles. The summed E-state index contributed by atoms with van der Waals surface area (Å²) >= 11 is 5.66. The maximum atomic E-state index is 13.0. The number of rotatable bonds is 10. The second-order valence-corrected chi connectivity index (χ2v) is 8.05. The fourth-order valence-corrected chi connectivity index (χ4v) is 4.09. The molecule has 1 aromatic rings. The molecule has 1 saturated carbocycles. The summed E-state index contributed by atoms with van der Waals surface area (Å²) in [5.41, 5.74) is -0.493. The number of hydrogen-bond donors (Lipinski definition) is 0. The third-order valence-electron chi connectivity index (χ3n) is 5.44. The average molecular weight is 445 g/mol. The SMILES string of the molecule is CCOC(=O)CCCCCC[C@@H]1CCC(=O)[C@H]1C=Cc1ccc(Cl)c(C(F)(F)F)c1. The number of alkyl halides is 3. The van der Waals surface area contributed by atoms with Crippen molar-refractivity contribution in [3.05, 3.63) is 40.4 Å². The Balaban J connectivity index is 1.86. The lowest BCUT2D eigenvalue weighted by Gasteiger charge is -2.15. The van der Waals surface area contributed by atoms with E-state index in [0.29, 0.717) is 25.0 Å². The van der Waals surface area contributed by atoms with Gasteiger partial charge in [0.15, 0.2) is 0 Å². The first-order valence-corrected chi connectivity index (χ1v) is 10.8. The molecule has 0 aromatic heterocycles. The Bertz CT molecular complexity index is 759. The molecule has 166 valence electrons. The van der Waals surface area contributed by atoms with Crippen LogP contribution >= 0.6 is 11.6 Å². The number of ketones is 1. The van der Waals surface area contributed by atoms with E-state index in [4.69, 9.17) is 16.3 Å². The molecule has 0 bridgehead atoms. The normalized spacial score (nSPS) is 19.6. The molecule has 1 aromatic carbocycles. The molecule has 1 aliphatic rings. The molecule has 0 spiro atoms. The van der Waals surface area contributed by atoms with Gasteiger partial charge in [0.2, 0.25) is 0 Å². The lowest BCUT2D eigenvalue weighted by Crippen LogP contribution is -2.12. The molecule has 0 radical (unpaired) electrons. The van der Waals surface area contributed by atoms with Crippen LogP contribution < -0.4 is 0 Å². The first kappa shape index (κ1) is 24.4. The molecule has 7 heteroatoms. The molecule has 0 unspecified atom stereocenters. The molecule has 2 rings (SSSR count). The van der Waals surface area contributed by atoms with Crippen LogP contribution in [0.5, 0.6) is 0 Å². The summed E-state index contributed by atoms with van der Waals surface area (Å²) in [6, 6.07) is 3.76. The highest BCUT2D eigenvalue weighted by Crippen LogP contribution is 2.37. The van der Waals surface area contributed by atoms with Crippen LogP contribution in [0.2, 0.25) is 5.02 Å². The summed E-state index contributed by atoms with van der Waals surface area (Å²) in [4.78, 5) is 23.6. The Kier molecular flexibility index (Phi) is 9.40. The molecular weight excluding hydrogens is 417 g/mol. The number of unbranched alkanes of at least 4 members (excludes halogenated alkanes) is 3. The highest BCUT2D eigenvalue weighted by molar-refractivity contribution is 6.31. The highest BCUT2D eigenvalue weighted by Gasteiger charge is 2.34. The van der Waals surface area contributed by atoms with E-state index in [1.54, 1.807) is 19.1 Å². The van der Waals surface area contributed by atoms with E-state index in [1.807, 2.05) is 0 Å². The van der Waals surface area contributed by atoms with Crippen molar-refractivity contribution in [3.63, 3.8) is 0 Å². The molecular formula is C23H28ClF3O3. The summed E-state index contributed by atoms with van der Waals surface area (Å²) in [6.07, 6.45) is 5.14. The van der Waals surface area contributed by atoms with Crippen molar-refractivity contribution in [3.8, 4) is 0 Å². The fourth-order valence-electron chi connectivity index (χ4n) is 3.87. The van der Waals surface area contributed by atoms with E-state index in [0.717, 1.165) is 44.6 Å². The van der Waals surface area contributed by atoms with Gasteiger partial charge in [-0.25, -0.2) is 0 Å². The fraction of sp³-hybridized carbons (Fsp3) is 0.565. The van der Waals surface area contributed by atoms with Crippen LogP contribution in [0, 0.1) is 11.8 Å². The van der Waals surface area contributed by atoms with Gasteiger partial charge in [-0.15, -0.1) is 0 Å². The first-order valence-electron chi connectivity index (χ1n) is 10.5. The zero-order valence-corrected chi connectivity index (χ0v) is 17.9. The van der Waals surface area contributed by atoms with Crippen LogP contribution in [0.3, 0.4) is 0 Å².